The molecule has 0 aliphatic heterocycles. The van der Waals surface area contributed by atoms with Crippen molar-refractivity contribution in [3.8, 4) is 0 Å². The molecule has 1 unspecified atom stereocenters. The molecule has 0 aromatic rings. The first-order chi connectivity index (χ1) is 8.68. The van der Waals surface area contributed by atoms with Crippen molar-refractivity contribution in [2.45, 2.75) is 78.2 Å². The molecule has 3 nitrogen and oxygen atoms in total. The molecule has 0 aliphatic rings. The van der Waals surface area contributed by atoms with E-state index in [0.29, 0.717) is 0 Å². The molecule has 3 heteroatoms. The average molecular weight is 262 g/mol. The van der Waals surface area contributed by atoms with Crippen molar-refractivity contribution in [2.24, 2.45) is 0 Å². The van der Waals surface area contributed by atoms with Gasteiger partial charge in [0, 0.05) is 13.2 Å². The van der Waals surface area contributed by atoms with Crippen LogP contribution in [0.5, 0.6) is 0 Å². The summed E-state index contributed by atoms with van der Waals surface area (Å²) in [6.07, 6.45) is 10.1. The van der Waals surface area contributed by atoms with Crippen molar-refractivity contribution in [3.05, 3.63) is 0 Å². The summed E-state index contributed by atoms with van der Waals surface area (Å²) in [4.78, 5) is 0. The maximum Gasteiger partial charge on any atom is 0.0742 e. The van der Waals surface area contributed by atoms with Crippen LogP contribution in [0.15, 0.2) is 0 Å². The van der Waals surface area contributed by atoms with Crippen LogP contribution in [-0.2, 0) is 4.74 Å². The Labute approximate surface area is 114 Å². The van der Waals surface area contributed by atoms with Crippen molar-refractivity contribution in [1.29, 1.82) is 0 Å². The van der Waals surface area contributed by atoms with Gasteiger partial charge in [0.25, 0.3) is 0 Å². The van der Waals surface area contributed by atoms with Crippen LogP contribution in [0.25, 0.3) is 0 Å². The number of hydrogen-bond acceptors (Lipinski definition) is 3. The molecule has 0 aromatic heterocycles. The van der Waals surface area contributed by atoms with Crippen LogP contribution < -0.4 is 0 Å². The van der Waals surface area contributed by atoms with Gasteiger partial charge in [0.2, 0.25) is 0 Å². The summed E-state index contributed by atoms with van der Waals surface area (Å²) in [5.74, 6) is 0. The Hall–Kier alpha value is -0.120. The largest absolute Gasteiger partial charge is 0.394 e. The second kappa shape index (κ2) is 19.2. The smallest absolute Gasteiger partial charge is 0.0742 e. The lowest BCUT2D eigenvalue weighted by Crippen LogP contribution is -2.03. The fraction of sp³-hybridized carbons (Fsp3) is 1.00. The van der Waals surface area contributed by atoms with E-state index >= 15 is 0 Å². The Balaban J connectivity index is 0. The Morgan fingerprint density at radius 1 is 0.833 bits per heavy atom. The molecule has 0 saturated heterocycles. The van der Waals surface area contributed by atoms with Gasteiger partial charge in [0.05, 0.1) is 12.7 Å². The van der Waals surface area contributed by atoms with E-state index in [2.05, 4.69) is 13.8 Å². The third-order valence-electron chi connectivity index (χ3n) is 2.55. The highest BCUT2D eigenvalue weighted by Gasteiger charge is 1.90. The topological polar surface area (TPSA) is 49.7 Å². The van der Waals surface area contributed by atoms with E-state index in [1.165, 1.54) is 58.3 Å². The molecule has 0 heterocycles. The second-order valence-corrected chi connectivity index (χ2v) is 4.77. The number of ether oxygens (including phenoxy) is 1. The summed E-state index contributed by atoms with van der Waals surface area (Å²) in [6.45, 7) is 7.79. The van der Waals surface area contributed by atoms with Crippen LogP contribution in [0.4, 0.5) is 0 Å². The lowest BCUT2D eigenvalue weighted by molar-refractivity contribution is 0.110. The minimum Gasteiger partial charge on any atom is -0.394 e. The van der Waals surface area contributed by atoms with E-state index in [9.17, 15) is 0 Å². The summed E-state index contributed by atoms with van der Waals surface area (Å²) in [7, 11) is 0. The van der Waals surface area contributed by atoms with Crippen LogP contribution in [0.1, 0.15) is 72.1 Å². The van der Waals surface area contributed by atoms with Crippen molar-refractivity contribution in [3.63, 3.8) is 0 Å². The number of aliphatic hydroxyl groups is 2. The van der Waals surface area contributed by atoms with Crippen molar-refractivity contribution in [2.75, 3.05) is 19.8 Å². The number of rotatable bonds is 11. The third-order valence-corrected chi connectivity index (χ3v) is 2.55. The van der Waals surface area contributed by atoms with Gasteiger partial charge in [-0.1, -0.05) is 52.4 Å². The Kier molecular flexibility index (Phi) is 21.6. The molecule has 2 N–H and O–H groups in total. The molecular formula is C15H34O3. The zero-order chi connectivity index (χ0) is 14.1. The summed E-state index contributed by atoms with van der Waals surface area (Å²) in [5.41, 5.74) is 0. The summed E-state index contributed by atoms with van der Waals surface area (Å²) in [6, 6.07) is 0. The van der Waals surface area contributed by atoms with E-state index in [1.54, 1.807) is 0 Å². The monoisotopic (exact) mass is 262 g/mol. The zero-order valence-electron chi connectivity index (χ0n) is 12.7. The third kappa shape index (κ3) is 24.9. The highest BCUT2D eigenvalue weighted by molar-refractivity contribution is 4.43. The number of hydrogen-bond donors (Lipinski definition) is 2. The fourth-order valence-electron chi connectivity index (χ4n) is 1.33. The Morgan fingerprint density at radius 2 is 1.28 bits per heavy atom. The van der Waals surface area contributed by atoms with Crippen molar-refractivity contribution >= 4 is 0 Å². The van der Waals surface area contributed by atoms with Gasteiger partial charge in [-0.3, -0.25) is 0 Å². The lowest BCUT2D eigenvalue weighted by Gasteiger charge is -2.02. The molecule has 0 aliphatic carbocycles. The molecule has 0 radical (unpaired) electrons. The van der Waals surface area contributed by atoms with Gasteiger partial charge < -0.3 is 14.9 Å². The Morgan fingerprint density at radius 3 is 1.78 bits per heavy atom. The molecule has 0 saturated carbocycles. The second-order valence-electron chi connectivity index (χ2n) is 4.77. The van der Waals surface area contributed by atoms with Gasteiger partial charge >= 0.3 is 0 Å². The normalized spacial score (nSPS) is 11.8. The first kappa shape index (κ1) is 20.2. The minimum absolute atomic E-state index is 0.139. The van der Waals surface area contributed by atoms with Crippen LogP contribution in [0.3, 0.4) is 0 Å². The molecule has 0 bridgehead atoms. The van der Waals surface area contributed by atoms with Crippen LogP contribution >= 0.6 is 0 Å². The van der Waals surface area contributed by atoms with Crippen LogP contribution in [0.2, 0.25) is 0 Å². The standard InChI is InChI=1S/C12H26O.C3H8O2/c1-3-5-7-8-9-10-12-13-11-6-4-2;1-3(5)2-4/h3-12H2,1-2H3;3-5H,2H2,1H3. The molecule has 112 valence electrons. The molecule has 0 amide bonds. The minimum atomic E-state index is -0.560. The van der Waals surface area contributed by atoms with Crippen LogP contribution in [-0.4, -0.2) is 36.1 Å². The SMILES string of the molecule is CC(O)CO.CCCCCCCCOCCCC. The van der Waals surface area contributed by atoms with Gasteiger partial charge in [-0.15, -0.1) is 0 Å². The maximum absolute atomic E-state index is 8.11. The van der Waals surface area contributed by atoms with Gasteiger partial charge in [0.15, 0.2) is 0 Å². The molecule has 0 spiro atoms. The summed E-state index contributed by atoms with van der Waals surface area (Å²) < 4.78 is 5.48. The average Bonchev–Trinajstić information content (AvgIpc) is 2.37. The molecule has 0 aromatic carbocycles. The Bertz CT molecular complexity index is 117. The van der Waals surface area contributed by atoms with E-state index in [0.717, 1.165) is 13.2 Å². The zero-order valence-corrected chi connectivity index (χ0v) is 12.7. The predicted octanol–water partition coefficient (Wildman–Crippen LogP) is 3.52. The first-order valence-corrected chi connectivity index (χ1v) is 7.55. The molecular weight excluding hydrogens is 228 g/mol. The van der Waals surface area contributed by atoms with E-state index in [1.807, 2.05) is 0 Å². The van der Waals surface area contributed by atoms with Crippen molar-refractivity contribution in [1.82, 2.24) is 0 Å². The highest BCUT2D eigenvalue weighted by Crippen LogP contribution is 2.04. The van der Waals surface area contributed by atoms with Gasteiger partial charge in [-0.25, -0.2) is 0 Å². The first-order valence-electron chi connectivity index (χ1n) is 7.55. The molecule has 0 fully saturated rings. The fourth-order valence-corrected chi connectivity index (χ4v) is 1.33. The maximum atomic E-state index is 8.11. The summed E-state index contributed by atoms with van der Waals surface area (Å²) >= 11 is 0. The van der Waals surface area contributed by atoms with Gasteiger partial charge in [-0.2, -0.15) is 0 Å². The number of unbranched alkanes of at least 4 members (excludes halogenated alkanes) is 6. The molecule has 0 rings (SSSR count). The van der Waals surface area contributed by atoms with Crippen LogP contribution in [0, 0.1) is 0 Å². The van der Waals surface area contributed by atoms with Gasteiger partial charge in [-0.05, 0) is 19.8 Å². The highest BCUT2D eigenvalue weighted by atomic mass is 16.5. The van der Waals surface area contributed by atoms with E-state index in [4.69, 9.17) is 14.9 Å². The quantitative estimate of drug-likeness (QED) is 0.560. The molecule has 1 atom stereocenters. The predicted molar refractivity (Wildman–Crippen MR) is 77.9 cm³/mol. The lowest BCUT2D eigenvalue weighted by atomic mass is 10.1. The van der Waals surface area contributed by atoms with E-state index < -0.39 is 6.10 Å². The summed E-state index contributed by atoms with van der Waals surface area (Å²) in [5, 5.41) is 16.0. The van der Waals surface area contributed by atoms with Crippen molar-refractivity contribution < 1.29 is 14.9 Å². The molecule has 18 heavy (non-hydrogen) atoms. The van der Waals surface area contributed by atoms with Gasteiger partial charge in [0.1, 0.15) is 0 Å². The van der Waals surface area contributed by atoms with E-state index in [-0.39, 0.29) is 6.61 Å². The number of aliphatic hydroxyl groups excluding tert-OH is 2.